The van der Waals surface area contributed by atoms with Crippen molar-refractivity contribution in [2.75, 3.05) is 11.9 Å². The lowest BCUT2D eigenvalue weighted by Crippen LogP contribution is -2.36. The maximum Gasteiger partial charge on any atom is 0.269 e. The van der Waals surface area contributed by atoms with E-state index < -0.39 is 33.8 Å². The van der Waals surface area contributed by atoms with Crippen LogP contribution >= 0.6 is 0 Å². The number of carbonyl (C=O) groups is 3. The molecule has 0 spiro atoms. The smallest absolute Gasteiger partial charge is 0.269 e. The highest BCUT2D eigenvalue weighted by molar-refractivity contribution is 7.90. The van der Waals surface area contributed by atoms with Gasteiger partial charge in [0.2, 0.25) is 5.91 Å². The molecular weight excluding hydrogens is 406 g/mol. The van der Waals surface area contributed by atoms with Crippen LogP contribution in [0.5, 0.6) is 0 Å². The molecule has 30 heavy (non-hydrogen) atoms. The molecule has 8 nitrogen and oxygen atoms in total. The van der Waals surface area contributed by atoms with Gasteiger partial charge in [0.05, 0.1) is 12.1 Å². The number of carbonyl (C=O) groups excluding carboxylic acids is 3. The number of amides is 3. The second kappa shape index (κ2) is 7.91. The normalized spacial score (nSPS) is 14.6. The largest absolute Gasteiger partial charge is 0.343 e. The molecule has 0 aromatic heterocycles. The molecule has 158 valence electrons. The van der Waals surface area contributed by atoms with Gasteiger partial charge in [0.25, 0.3) is 21.8 Å². The zero-order valence-corrected chi connectivity index (χ0v) is 18.0. The van der Waals surface area contributed by atoms with Gasteiger partial charge < -0.3 is 10.6 Å². The van der Waals surface area contributed by atoms with Crippen molar-refractivity contribution in [2.24, 2.45) is 0 Å². The van der Waals surface area contributed by atoms with E-state index in [9.17, 15) is 22.8 Å². The predicted molar refractivity (Wildman–Crippen MR) is 112 cm³/mol. The van der Waals surface area contributed by atoms with Crippen LogP contribution in [-0.2, 0) is 14.8 Å². The fourth-order valence-corrected chi connectivity index (χ4v) is 5.15. The molecular formula is C21H23N3O5S. The zero-order chi connectivity index (χ0) is 22.2. The Kier molecular flexibility index (Phi) is 5.67. The van der Waals surface area contributed by atoms with E-state index in [0.717, 1.165) is 15.4 Å². The number of fused-ring (bicyclic) bond motifs is 1. The number of para-hydroxylation sites is 1. The molecule has 0 unspecified atom stereocenters. The summed E-state index contributed by atoms with van der Waals surface area (Å²) in [6.45, 7) is 6.66. The molecule has 1 heterocycles. The molecule has 2 aromatic carbocycles. The van der Waals surface area contributed by atoms with Crippen molar-refractivity contribution < 1.29 is 22.8 Å². The lowest BCUT2D eigenvalue weighted by atomic mass is 10.1. The quantitative estimate of drug-likeness (QED) is 0.757. The van der Waals surface area contributed by atoms with Crippen molar-refractivity contribution in [3.05, 3.63) is 58.7 Å². The number of sulfonamides is 1. The number of anilines is 1. The van der Waals surface area contributed by atoms with E-state index in [-0.39, 0.29) is 22.6 Å². The Morgan fingerprint density at radius 1 is 1.07 bits per heavy atom. The van der Waals surface area contributed by atoms with Gasteiger partial charge in [0.1, 0.15) is 4.90 Å². The Labute approximate surface area is 175 Å². The lowest BCUT2D eigenvalue weighted by Gasteiger charge is -2.18. The van der Waals surface area contributed by atoms with E-state index in [4.69, 9.17) is 0 Å². The molecule has 2 N–H and O–H groups in total. The van der Waals surface area contributed by atoms with Gasteiger partial charge in [-0.05, 0) is 57.0 Å². The van der Waals surface area contributed by atoms with Gasteiger partial charge in [0, 0.05) is 17.3 Å². The molecule has 0 atom stereocenters. The number of hydrogen-bond donors (Lipinski definition) is 2. The molecule has 3 rings (SSSR count). The van der Waals surface area contributed by atoms with Gasteiger partial charge in [0.15, 0.2) is 0 Å². The van der Waals surface area contributed by atoms with E-state index in [1.54, 1.807) is 13.8 Å². The van der Waals surface area contributed by atoms with Crippen LogP contribution in [-0.4, -0.2) is 43.0 Å². The lowest BCUT2D eigenvalue weighted by molar-refractivity contribution is -0.115. The van der Waals surface area contributed by atoms with Crippen LogP contribution in [0.4, 0.5) is 5.69 Å². The first kappa shape index (κ1) is 21.5. The molecule has 0 aliphatic carbocycles. The molecule has 0 fully saturated rings. The Morgan fingerprint density at radius 3 is 2.30 bits per heavy atom. The molecule has 1 aliphatic rings. The second-order valence-corrected chi connectivity index (χ2v) is 9.19. The number of aryl methyl sites for hydroxylation is 2. The third-order valence-electron chi connectivity index (χ3n) is 4.84. The van der Waals surface area contributed by atoms with Crippen LogP contribution in [0.3, 0.4) is 0 Å². The highest BCUT2D eigenvalue weighted by Crippen LogP contribution is 2.32. The summed E-state index contributed by atoms with van der Waals surface area (Å²) >= 11 is 0. The van der Waals surface area contributed by atoms with E-state index in [1.165, 1.54) is 18.2 Å². The van der Waals surface area contributed by atoms with Crippen LogP contribution in [0.2, 0.25) is 0 Å². The topological polar surface area (TPSA) is 113 Å². The summed E-state index contributed by atoms with van der Waals surface area (Å²) < 4.78 is 26.1. The van der Waals surface area contributed by atoms with Crippen molar-refractivity contribution in [3.63, 3.8) is 0 Å². The Bertz CT molecular complexity index is 1130. The molecule has 2 aromatic rings. The maximum atomic E-state index is 12.7. The highest BCUT2D eigenvalue weighted by atomic mass is 32.2. The Balaban J connectivity index is 1.73. The summed E-state index contributed by atoms with van der Waals surface area (Å²) in [7, 11) is -4.01. The van der Waals surface area contributed by atoms with E-state index in [2.05, 4.69) is 10.6 Å². The van der Waals surface area contributed by atoms with Crippen molar-refractivity contribution in [2.45, 2.75) is 38.6 Å². The standard InChI is InChI=1S/C21H23N3O5S/c1-12(2)24-21(27)16-9-8-15(10-17(16)30(24,28)29)20(26)22-11-18(25)23-19-13(3)6-5-7-14(19)4/h5-10,12H,11H2,1-4H3,(H,22,26)(H,23,25). The minimum Gasteiger partial charge on any atom is -0.343 e. The van der Waals surface area contributed by atoms with Crippen molar-refractivity contribution in [3.8, 4) is 0 Å². The first-order valence-electron chi connectivity index (χ1n) is 9.41. The fourth-order valence-electron chi connectivity index (χ4n) is 3.36. The first-order valence-corrected chi connectivity index (χ1v) is 10.8. The number of nitrogens with zero attached hydrogens (tertiary/aromatic N) is 1. The van der Waals surface area contributed by atoms with Crippen molar-refractivity contribution >= 4 is 33.4 Å². The van der Waals surface area contributed by atoms with Crippen molar-refractivity contribution in [1.29, 1.82) is 0 Å². The molecule has 9 heteroatoms. The summed E-state index contributed by atoms with van der Waals surface area (Å²) in [5.41, 5.74) is 2.58. The predicted octanol–water partition coefficient (Wildman–Crippen LogP) is 2.22. The van der Waals surface area contributed by atoms with Gasteiger partial charge >= 0.3 is 0 Å². The summed E-state index contributed by atoms with van der Waals surface area (Å²) in [5, 5.41) is 5.24. The van der Waals surface area contributed by atoms with Crippen LogP contribution in [0, 0.1) is 13.8 Å². The molecule has 0 saturated heterocycles. The van der Waals surface area contributed by atoms with Crippen LogP contribution in [0.15, 0.2) is 41.3 Å². The number of rotatable bonds is 5. The van der Waals surface area contributed by atoms with E-state index >= 15 is 0 Å². The summed E-state index contributed by atoms with van der Waals surface area (Å²) in [5.74, 6) is -1.63. The summed E-state index contributed by atoms with van der Waals surface area (Å²) in [6, 6.07) is 8.94. The molecule has 0 radical (unpaired) electrons. The highest BCUT2D eigenvalue weighted by Gasteiger charge is 2.42. The minimum atomic E-state index is -4.01. The molecule has 0 bridgehead atoms. The third kappa shape index (κ3) is 3.80. The second-order valence-electron chi connectivity index (χ2n) is 7.41. The van der Waals surface area contributed by atoms with Crippen LogP contribution in [0.25, 0.3) is 0 Å². The SMILES string of the molecule is Cc1cccc(C)c1NC(=O)CNC(=O)c1ccc2c(c1)S(=O)(=O)N(C(C)C)C2=O. The maximum absolute atomic E-state index is 12.7. The number of hydrogen-bond acceptors (Lipinski definition) is 5. The van der Waals surface area contributed by atoms with E-state index in [0.29, 0.717) is 5.69 Å². The van der Waals surface area contributed by atoms with Crippen LogP contribution in [0.1, 0.15) is 45.7 Å². The summed E-state index contributed by atoms with van der Waals surface area (Å²) in [4.78, 5) is 36.9. The number of benzene rings is 2. The monoisotopic (exact) mass is 429 g/mol. The van der Waals surface area contributed by atoms with Gasteiger partial charge in [-0.1, -0.05) is 18.2 Å². The van der Waals surface area contributed by atoms with Crippen molar-refractivity contribution in [1.82, 2.24) is 9.62 Å². The minimum absolute atomic E-state index is 0.0352. The molecule has 3 amide bonds. The van der Waals surface area contributed by atoms with Gasteiger partial charge in [-0.2, -0.15) is 0 Å². The van der Waals surface area contributed by atoms with Gasteiger partial charge in [-0.15, -0.1) is 0 Å². The zero-order valence-electron chi connectivity index (χ0n) is 17.1. The average molecular weight is 429 g/mol. The number of nitrogens with one attached hydrogen (secondary N) is 2. The summed E-state index contributed by atoms with van der Waals surface area (Å²) in [6.07, 6.45) is 0. The van der Waals surface area contributed by atoms with Crippen LogP contribution < -0.4 is 10.6 Å². The van der Waals surface area contributed by atoms with Gasteiger partial charge in [-0.3, -0.25) is 14.4 Å². The average Bonchev–Trinajstić information content (AvgIpc) is 2.88. The van der Waals surface area contributed by atoms with E-state index in [1.807, 2.05) is 32.0 Å². The molecule has 0 saturated carbocycles. The Hall–Kier alpha value is -3.20. The fraction of sp³-hybridized carbons (Fsp3) is 0.286. The van der Waals surface area contributed by atoms with Gasteiger partial charge in [-0.25, -0.2) is 12.7 Å². The Morgan fingerprint density at radius 2 is 1.70 bits per heavy atom. The third-order valence-corrected chi connectivity index (χ3v) is 6.83. The first-order chi connectivity index (χ1) is 14.0. The molecule has 1 aliphatic heterocycles.